The summed E-state index contributed by atoms with van der Waals surface area (Å²) in [4.78, 5) is 28.3. The third-order valence-electron chi connectivity index (χ3n) is 6.15. The van der Waals surface area contributed by atoms with Gasteiger partial charge >= 0.3 is 0 Å². The maximum atomic E-state index is 13.6. The third kappa shape index (κ3) is 4.28. The molecule has 0 saturated carbocycles. The van der Waals surface area contributed by atoms with Gasteiger partial charge in [0, 0.05) is 11.1 Å². The zero-order chi connectivity index (χ0) is 25.2. The molecule has 0 aromatic heterocycles. The Labute approximate surface area is 203 Å². The minimum atomic E-state index is -2.00. The second-order valence-electron chi connectivity index (χ2n) is 8.13. The number of Topliss-reactive ketones (excluding diaryl/α,β-unsaturated/α-hetero) is 1. The topological polar surface area (TPSA) is 94.5 Å². The first-order chi connectivity index (χ1) is 16.9. The predicted octanol–water partition coefficient (Wildman–Crippen LogP) is 3.73. The van der Waals surface area contributed by atoms with Crippen LogP contribution in [-0.2, 0) is 16.9 Å². The van der Waals surface area contributed by atoms with E-state index in [-0.39, 0.29) is 6.54 Å². The van der Waals surface area contributed by atoms with Gasteiger partial charge in [-0.2, -0.15) is 0 Å². The van der Waals surface area contributed by atoms with Gasteiger partial charge in [0.25, 0.3) is 5.91 Å². The molecular weight excluding hydrogens is 450 g/mol. The number of hydrogen-bond acceptors (Lipinski definition) is 7. The molecule has 4 rings (SSSR count). The second-order valence-corrected chi connectivity index (χ2v) is 8.13. The van der Waals surface area contributed by atoms with E-state index < -0.39 is 23.7 Å². The Kier molecular flexibility index (Phi) is 6.66. The molecule has 8 nitrogen and oxygen atoms in total. The van der Waals surface area contributed by atoms with Crippen molar-refractivity contribution in [3.63, 3.8) is 0 Å². The Bertz CT molecular complexity index is 1270. The van der Waals surface area contributed by atoms with Crippen molar-refractivity contribution < 1.29 is 33.6 Å². The number of fused-ring (bicyclic) bond motifs is 1. The van der Waals surface area contributed by atoms with Gasteiger partial charge in [0.15, 0.2) is 34.4 Å². The molecular formula is C27H27NO7. The largest absolute Gasteiger partial charge is 0.493 e. The van der Waals surface area contributed by atoms with Crippen LogP contribution in [0.5, 0.6) is 23.0 Å². The highest BCUT2D eigenvalue weighted by Gasteiger charge is 2.50. The summed E-state index contributed by atoms with van der Waals surface area (Å²) in [5.41, 5.74) is 0.0207. The lowest BCUT2D eigenvalue weighted by atomic mass is 9.88. The molecule has 0 bridgehead atoms. The average molecular weight is 478 g/mol. The van der Waals surface area contributed by atoms with Crippen LogP contribution in [0.2, 0.25) is 0 Å². The lowest BCUT2D eigenvalue weighted by Gasteiger charge is -2.23. The molecule has 0 saturated heterocycles. The summed E-state index contributed by atoms with van der Waals surface area (Å²) in [5.74, 6) is 1.00. The van der Waals surface area contributed by atoms with Crippen molar-refractivity contribution in [3.8, 4) is 23.0 Å². The molecule has 0 radical (unpaired) electrons. The number of hydrogen-bond donors (Lipinski definition) is 1. The molecule has 1 N–H and O–H groups in total. The first-order valence-electron chi connectivity index (χ1n) is 11.0. The van der Waals surface area contributed by atoms with Gasteiger partial charge in [-0.25, -0.2) is 0 Å². The van der Waals surface area contributed by atoms with Gasteiger partial charge in [0.05, 0.1) is 47.1 Å². The van der Waals surface area contributed by atoms with E-state index in [0.717, 1.165) is 5.56 Å². The highest BCUT2D eigenvalue weighted by atomic mass is 16.5. The molecule has 182 valence electrons. The van der Waals surface area contributed by atoms with Gasteiger partial charge in [-0.05, 0) is 42.0 Å². The van der Waals surface area contributed by atoms with Gasteiger partial charge < -0.3 is 29.0 Å². The van der Waals surface area contributed by atoms with E-state index in [1.807, 2.05) is 6.07 Å². The number of para-hydroxylation sites is 1. The molecule has 1 atom stereocenters. The zero-order valence-electron chi connectivity index (χ0n) is 20.0. The summed E-state index contributed by atoms with van der Waals surface area (Å²) >= 11 is 0. The molecule has 1 amide bonds. The van der Waals surface area contributed by atoms with E-state index in [9.17, 15) is 14.7 Å². The lowest BCUT2D eigenvalue weighted by molar-refractivity contribution is -0.136. The maximum Gasteiger partial charge on any atom is 0.264 e. The van der Waals surface area contributed by atoms with Gasteiger partial charge in [0.2, 0.25) is 0 Å². The van der Waals surface area contributed by atoms with Crippen LogP contribution in [-0.4, -0.2) is 45.2 Å². The van der Waals surface area contributed by atoms with Crippen LogP contribution >= 0.6 is 0 Å². The summed E-state index contributed by atoms with van der Waals surface area (Å²) in [7, 11) is 6.06. The van der Waals surface area contributed by atoms with Crippen molar-refractivity contribution >= 4 is 17.4 Å². The fourth-order valence-electron chi connectivity index (χ4n) is 4.34. The highest BCUT2D eigenvalue weighted by Crippen LogP contribution is 2.44. The van der Waals surface area contributed by atoms with Crippen LogP contribution in [0.4, 0.5) is 5.69 Å². The number of nitrogens with zero attached hydrogens (tertiary/aromatic N) is 1. The number of aliphatic hydroxyl groups is 1. The van der Waals surface area contributed by atoms with E-state index in [0.29, 0.717) is 39.8 Å². The minimum absolute atomic E-state index is 0.184. The number of anilines is 1. The highest BCUT2D eigenvalue weighted by molar-refractivity contribution is 6.10. The van der Waals surface area contributed by atoms with Crippen LogP contribution in [0, 0.1) is 0 Å². The fourth-order valence-corrected chi connectivity index (χ4v) is 4.34. The van der Waals surface area contributed by atoms with Gasteiger partial charge in [-0.3, -0.25) is 9.59 Å². The van der Waals surface area contributed by atoms with Crippen molar-refractivity contribution in [2.45, 2.75) is 18.6 Å². The summed E-state index contributed by atoms with van der Waals surface area (Å²) in [6.45, 7) is 0.184. The minimum Gasteiger partial charge on any atom is -0.493 e. The molecule has 0 aliphatic carbocycles. The van der Waals surface area contributed by atoms with Gasteiger partial charge in [0.1, 0.15) is 0 Å². The number of carbonyl (C=O) groups excluding carboxylic acids is 2. The lowest BCUT2D eigenvalue weighted by Crippen LogP contribution is -2.41. The van der Waals surface area contributed by atoms with Crippen molar-refractivity contribution in [1.82, 2.24) is 0 Å². The number of rotatable bonds is 9. The molecule has 1 aliphatic heterocycles. The Morgan fingerprint density at radius 3 is 2.09 bits per heavy atom. The number of amides is 1. The Morgan fingerprint density at radius 2 is 1.43 bits per heavy atom. The standard InChI is InChI=1S/C27H27NO7/c1-32-22-11-9-17(13-24(22)34-3)16-28-20-8-6-5-7-19(20)27(31,26(28)30)15-21(29)18-10-12-23(33-2)25(14-18)35-4/h5-14,31H,15-16H2,1-4H3. The fraction of sp³-hybridized carbons (Fsp3) is 0.259. The van der Waals surface area contributed by atoms with Crippen LogP contribution in [0.25, 0.3) is 0 Å². The van der Waals surface area contributed by atoms with Crippen molar-refractivity contribution in [2.75, 3.05) is 33.3 Å². The monoisotopic (exact) mass is 477 g/mol. The molecule has 8 heteroatoms. The van der Waals surface area contributed by atoms with Gasteiger partial charge in [-0.15, -0.1) is 0 Å². The molecule has 1 unspecified atom stereocenters. The van der Waals surface area contributed by atoms with E-state index in [2.05, 4.69) is 0 Å². The van der Waals surface area contributed by atoms with Crippen molar-refractivity contribution in [1.29, 1.82) is 0 Å². The third-order valence-corrected chi connectivity index (χ3v) is 6.15. The first-order valence-corrected chi connectivity index (χ1v) is 11.0. The average Bonchev–Trinajstić information content (AvgIpc) is 3.09. The summed E-state index contributed by atoms with van der Waals surface area (Å²) in [5, 5.41) is 11.6. The molecule has 1 aliphatic rings. The first kappa shape index (κ1) is 24.1. The molecule has 0 fully saturated rings. The van der Waals surface area contributed by atoms with E-state index in [1.54, 1.807) is 55.6 Å². The summed E-state index contributed by atoms with van der Waals surface area (Å²) in [6, 6.07) is 17.0. The predicted molar refractivity (Wildman–Crippen MR) is 130 cm³/mol. The number of carbonyl (C=O) groups is 2. The second kappa shape index (κ2) is 9.68. The molecule has 3 aromatic carbocycles. The number of benzene rings is 3. The maximum absolute atomic E-state index is 13.6. The molecule has 35 heavy (non-hydrogen) atoms. The van der Waals surface area contributed by atoms with Crippen molar-refractivity contribution in [3.05, 3.63) is 77.4 Å². The summed E-state index contributed by atoms with van der Waals surface area (Å²) < 4.78 is 21.2. The Morgan fingerprint density at radius 1 is 0.829 bits per heavy atom. The molecule has 3 aromatic rings. The normalized spacial score (nSPS) is 16.6. The van der Waals surface area contributed by atoms with Gasteiger partial charge in [-0.1, -0.05) is 24.3 Å². The molecule has 0 spiro atoms. The quantitative estimate of drug-likeness (QED) is 0.469. The smallest absolute Gasteiger partial charge is 0.264 e. The SMILES string of the molecule is COc1ccc(CN2C(=O)C(O)(CC(=O)c3ccc(OC)c(OC)c3)c3ccccc32)cc1OC. The van der Waals surface area contributed by atoms with E-state index in [4.69, 9.17) is 18.9 Å². The van der Waals surface area contributed by atoms with E-state index in [1.165, 1.54) is 32.3 Å². The van der Waals surface area contributed by atoms with Crippen LogP contribution in [0.15, 0.2) is 60.7 Å². The van der Waals surface area contributed by atoms with Crippen LogP contribution < -0.4 is 23.8 Å². The zero-order valence-corrected chi connectivity index (χ0v) is 20.0. The Hall–Kier alpha value is -4.04. The number of ether oxygens (including phenoxy) is 4. The number of methoxy groups -OCH3 is 4. The Balaban J connectivity index is 1.65. The molecule has 1 heterocycles. The summed E-state index contributed by atoms with van der Waals surface area (Å²) in [6.07, 6.45) is -0.416. The van der Waals surface area contributed by atoms with Crippen LogP contribution in [0.1, 0.15) is 27.9 Å². The van der Waals surface area contributed by atoms with Crippen LogP contribution in [0.3, 0.4) is 0 Å². The van der Waals surface area contributed by atoms with E-state index >= 15 is 0 Å². The van der Waals surface area contributed by atoms with Crippen molar-refractivity contribution in [2.24, 2.45) is 0 Å². The number of ketones is 1.